The van der Waals surface area contributed by atoms with E-state index in [1.165, 1.54) is 0 Å². The van der Waals surface area contributed by atoms with Crippen LogP contribution in [0.3, 0.4) is 0 Å². The van der Waals surface area contributed by atoms with Crippen LogP contribution in [0.5, 0.6) is 0 Å². The molecule has 3 nitrogen and oxygen atoms in total. The zero-order chi connectivity index (χ0) is 13.1. The maximum Gasteiger partial charge on any atom is 0.0776 e. The lowest BCUT2D eigenvalue weighted by Gasteiger charge is -2.20. The zero-order valence-corrected chi connectivity index (χ0v) is 11.4. The van der Waals surface area contributed by atoms with Crippen molar-refractivity contribution in [2.75, 3.05) is 24.6 Å². The highest BCUT2D eigenvalue weighted by atomic mass is 35.5. The molecule has 4 heteroatoms. The van der Waals surface area contributed by atoms with Gasteiger partial charge >= 0.3 is 0 Å². The van der Waals surface area contributed by atoms with E-state index in [-0.39, 0.29) is 6.61 Å². The Balaban J connectivity index is 2.09. The Bertz CT molecular complexity index is 409. The highest BCUT2D eigenvalue weighted by Crippen LogP contribution is 2.31. The van der Waals surface area contributed by atoms with E-state index in [0.717, 1.165) is 37.2 Å². The van der Waals surface area contributed by atoms with Crippen molar-refractivity contribution in [3.8, 4) is 0 Å². The fourth-order valence-corrected chi connectivity index (χ4v) is 2.87. The maximum atomic E-state index is 9.55. The molecular formula is C14H20ClNO2. The van der Waals surface area contributed by atoms with Crippen LogP contribution in [0.4, 0.5) is 5.69 Å². The normalized spacial score (nSPS) is 21.3. The molecule has 0 aliphatic carbocycles. The molecule has 1 aromatic rings. The van der Waals surface area contributed by atoms with Gasteiger partial charge in [-0.1, -0.05) is 17.7 Å². The predicted octanol–water partition coefficient (Wildman–Crippen LogP) is 2.60. The third-order valence-electron chi connectivity index (χ3n) is 3.62. The van der Waals surface area contributed by atoms with E-state index < -0.39 is 6.10 Å². The lowest BCUT2D eigenvalue weighted by molar-refractivity contribution is 0.199. The summed E-state index contributed by atoms with van der Waals surface area (Å²) in [4.78, 5) is 2.29. The first-order chi connectivity index (χ1) is 8.61. The van der Waals surface area contributed by atoms with Crippen molar-refractivity contribution in [1.82, 2.24) is 0 Å². The van der Waals surface area contributed by atoms with Gasteiger partial charge in [-0.05, 0) is 43.4 Å². The average Bonchev–Trinajstić information content (AvgIpc) is 2.77. The van der Waals surface area contributed by atoms with Gasteiger partial charge in [0.2, 0.25) is 0 Å². The van der Waals surface area contributed by atoms with Crippen LogP contribution in [-0.2, 0) is 0 Å². The number of rotatable bonds is 4. The Morgan fingerprint density at radius 2 is 2.28 bits per heavy atom. The number of aliphatic hydroxyl groups excluding tert-OH is 2. The summed E-state index contributed by atoms with van der Waals surface area (Å²) in [5, 5.41) is 19.1. The van der Waals surface area contributed by atoms with Crippen LogP contribution in [0.15, 0.2) is 18.2 Å². The maximum absolute atomic E-state index is 9.55. The molecule has 0 radical (unpaired) electrons. The Labute approximate surface area is 113 Å². The van der Waals surface area contributed by atoms with Crippen molar-refractivity contribution in [3.05, 3.63) is 28.8 Å². The summed E-state index contributed by atoms with van der Waals surface area (Å²) < 4.78 is 0. The van der Waals surface area contributed by atoms with E-state index in [1.807, 2.05) is 18.2 Å². The Kier molecular flexibility index (Phi) is 4.49. The van der Waals surface area contributed by atoms with E-state index in [1.54, 1.807) is 6.92 Å². The summed E-state index contributed by atoms with van der Waals surface area (Å²) >= 11 is 6.17. The largest absolute Gasteiger partial charge is 0.396 e. The van der Waals surface area contributed by atoms with E-state index >= 15 is 0 Å². The lowest BCUT2D eigenvalue weighted by atomic mass is 10.1. The molecule has 1 aliphatic heterocycles. The van der Waals surface area contributed by atoms with Gasteiger partial charge in [0.25, 0.3) is 0 Å². The van der Waals surface area contributed by atoms with Gasteiger partial charge in [0.15, 0.2) is 0 Å². The number of halogens is 1. The van der Waals surface area contributed by atoms with Gasteiger partial charge in [0.05, 0.1) is 6.10 Å². The zero-order valence-electron chi connectivity index (χ0n) is 10.6. The molecule has 1 heterocycles. The van der Waals surface area contributed by atoms with Gasteiger partial charge in [-0.15, -0.1) is 0 Å². The first-order valence-electron chi connectivity index (χ1n) is 6.45. The van der Waals surface area contributed by atoms with Gasteiger partial charge in [-0.2, -0.15) is 0 Å². The van der Waals surface area contributed by atoms with Crippen molar-refractivity contribution in [2.24, 2.45) is 5.92 Å². The molecular weight excluding hydrogens is 250 g/mol. The number of hydrogen-bond acceptors (Lipinski definition) is 3. The van der Waals surface area contributed by atoms with Gasteiger partial charge in [-0.3, -0.25) is 0 Å². The number of aliphatic hydroxyl groups is 2. The van der Waals surface area contributed by atoms with Gasteiger partial charge in [-0.25, -0.2) is 0 Å². The molecule has 1 aliphatic rings. The van der Waals surface area contributed by atoms with E-state index in [0.29, 0.717) is 10.9 Å². The average molecular weight is 270 g/mol. The molecule has 18 heavy (non-hydrogen) atoms. The summed E-state index contributed by atoms with van der Waals surface area (Å²) in [6, 6.07) is 5.82. The molecule has 100 valence electrons. The van der Waals surface area contributed by atoms with Gasteiger partial charge in [0, 0.05) is 30.4 Å². The Morgan fingerprint density at radius 3 is 2.89 bits per heavy atom. The summed E-state index contributed by atoms with van der Waals surface area (Å²) in [6.45, 7) is 3.97. The van der Waals surface area contributed by atoms with E-state index in [4.69, 9.17) is 16.7 Å². The molecule has 0 bridgehead atoms. The first kappa shape index (κ1) is 13.7. The standard InChI is InChI=1S/C14H20ClNO2/c1-10(18)13-3-2-12(8-14(13)15)16-6-4-11(9-16)5-7-17/h2-3,8,10-11,17-18H,4-7,9H2,1H3. The monoisotopic (exact) mass is 269 g/mol. The number of nitrogens with zero attached hydrogens (tertiary/aromatic N) is 1. The van der Waals surface area contributed by atoms with Crippen LogP contribution in [-0.4, -0.2) is 29.9 Å². The van der Waals surface area contributed by atoms with Crippen LogP contribution >= 0.6 is 11.6 Å². The first-order valence-corrected chi connectivity index (χ1v) is 6.83. The van der Waals surface area contributed by atoms with Crippen molar-refractivity contribution in [2.45, 2.75) is 25.9 Å². The molecule has 0 saturated carbocycles. The third kappa shape index (κ3) is 2.97. The van der Waals surface area contributed by atoms with Crippen LogP contribution in [0.2, 0.25) is 5.02 Å². The second kappa shape index (κ2) is 5.91. The highest BCUT2D eigenvalue weighted by Gasteiger charge is 2.22. The van der Waals surface area contributed by atoms with Gasteiger partial charge < -0.3 is 15.1 Å². The molecule has 1 fully saturated rings. The molecule has 2 unspecified atom stereocenters. The smallest absolute Gasteiger partial charge is 0.0776 e. The van der Waals surface area contributed by atoms with Crippen molar-refractivity contribution < 1.29 is 10.2 Å². The molecule has 1 aromatic carbocycles. The lowest BCUT2D eigenvalue weighted by Crippen LogP contribution is -2.20. The van der Waals surface area contributed by atoms with E-state index in [9.17, 15) is 5.11 Å². The molecule has 0 spiro atoms. The molecule has 2 atom stereocenters. The molecule has 2 rings (SSSR count). The van der Waals surface area contributed by atoms with Crippen LogP contribution in [0, 0.1) is 5.92 Å². The molecule has 2 N–H and O–H groups in total. The number of benzene rings is 1. The topological polar surface area (TPSA) is 43.7 Å². The summed E-state index contributed by atoms with van der Waals surface area (Å²) in [7, 11) is 0. The summed E-state index contributed by atoms with van der Waals surface area (Å²) in [5.74, 6) is 0.574. The van der Waals surface area contributed by atoms with E-state index in [2.05, 4.69) is 4.90 Å². The summed E-state index contributed by atoms with van der Waals surface area (Å²) in [6.07, 6.45) is 1.46. The second-order valence-electron chi connectivity index (χ2n) is 4.99. The van der Waals surface area contributed by atoms with Gasteiger partial charge in [0.1, 0.15) is 0 Å². The number of anilines is 1. The Morgan fingerprint density at radius 1 is 1.50 bits per heavy atom. The fraction of sp³-hybridized carbons (Fsp3) is 0.571. The van der Waals surface area contributed by atoms with Crippen LogP contribution < -0.4 is 4.90 Å². The van der Waals surface area contributed by atoms with Crippen LogP contribution in [0.25, 0.3) is 0 Å². The minimum Gasteiger partial charge on any atom is -0.396 e. The van der Waals surface area contributed by atoms with Crippen LogP contribution in [0.1, 0.15) is 31.4 Å². The minimum atomic E-state index is -0.535. The SMILES string of the molecule is CC(O)c1ccc(N2CCC(CCO)C2)cc1Cl. The molecule has 0 amide bonds. The highest BCUT2D eigenvalue weighted by molar-refractivity contribution is 6.31. The molecule has 1 saturated heterocycles. The quantitative estimate of drug-likeness (QED) is 0.883. The van der Waals surface area contributed by atoms with Crippen molar-refractivity contribution in [3.63, 3.8) is 0 Å². The Hall–Kier alpha value is -0.770. The molecule has 0 aromatic heterocycles. The number of hydrogen-bond donors (Lipinski definition) is 2. The van der Waals surface area contributed by atoms with Crippen molar-refractivity contribution >= 4 is 17.3 Å². The minimum absolute atomic E-state index is 0.264. The van der Waals surface area contributed by atoms with Crippen molar-refractivity contribution in [1.29, 1.82) is 0 Å². The predicted molar refractivity (Wildman–Crippen MR) is 74.1 cm³/mol. The fourth-order valence-electron chi connectivity index (χ4n) is 2.54. The summed E-state index contributed by atoms with van der Waals surface area (Å²) in [5.41, 5.74) is 1.87. The second-order valence-corrected chi connectivity index (χ2v) is 5.40. The third-order valence-corrected chi connectivity index (χ3v) is 3.95.